The van der Waals surface area contributed by atoms with E-state index in [1.807, 2.05) is 11.7 Å². The third-order valence-corrected chi connectivity index (χ3v) is 2.91. The first kappa shape index (κ1) is 11.1. The molecule has 0 fully saturated rings. The van der Waals surface area contributed by atoms with Crippen molar-refractivity contribution >= 4 is 10.9 Å². The minimum Gasteiger partial charge on any atom is -0.328 e. The first-order valence-corrected chi connectivity index (χ1v) is 5.84. The van der Waals surface area contributed by atoms with Crippen molar-refractivity contribution in [3.8, 4) is 0 Å². The van der Waals surface area contributed by atoms with Crippen molar-refractivity contribution in [3.63, 3.8) is 0 Å². The Hall–Kier alpha value is -1.35. The van der Waals surface area contributed by atoms with E-state index in [0.29, 0.717) is 0 Å². The second-order valence-electron chi connectivity index (χ2n) is 4.46. The van der Waals surface area contributed by atoms with Gasteiger partial charge in [0.1, 0.15) is 0 Å². The number of aromatic nitrogens is 2. The molecule has 0 bridgehead atoms. The second-order valence-corrected chi connectivity index (χ2v) is 4.46. The lowest BCUT2D eigenvalue weighted by Crippen LogP contribution is -2.14. The molecule has 2 aromatic rings. The largest absolute Gasteiger partial charge is 0.328 e. The van der Waals surface area contributed by atoms with Crippen molar-refractivity contribution in [2.75, 3.05) is 0 Å². The summed E-state index contributed by atoms with van der Waals surface area (Å²) in [5.74, 6) is 0. The highest BCUT2D eigenvalue weighted by atomic mass is 15.3. The Kier molecular flexibility index (Phi) is 3.25. The van der Waals surface area contributed by atoms with Gasteiger partial charge in [-0.05, 0) is 32.3 Å². The monoisotopic (exact) mass is 217 g/mol. The Morgan fingerprint density at radius 3 is 2.88 bits per heavy atom. The standard InChI is InChI=1S/C13H19N3/c1-10(14)6-5-8-12-11-7-3-4-9-13(11)16(2)15-12/h3-4,7,9-10H,5-6,8,14H2,1-2H3. The first-order chi connectivity index (χ1) is 7.68. The topological polar surface area (TPSA) is 43.8 Å². The predicted octanol–water partition coefficient (Wildman–Crippen LogP) is 2.24. The summed E-state index contributed by atoms with van der Waals surface area (Å²) in [6.07, 6.45) is 3.19. The van der Waals surface area contributed by atoms with Crippen LogP contribution in [0.15, 0.2) is 24.3 Å². The smallest absolute Gasteiger partial charge is 0.0703 e. The van der Waals surface area contributed by atoms with E-state index in [1.165, 1.54) is 16.6 Å². The molecule has 2 N–H and O–H groups in total. The number of hydrogen-bond donors (Lipinski definition) is 1. The van der Waals surface area contributed by atoms with Gasteiger partial charge in [0.25, 0.3) is 0 Å². The minimum absolute atomic E-state index is 0.287. The van der Waals surface area contributed by atoms with Gasteiger partial charge in [-0.2, -0.15) is 5.10 Å². The molecule has 1 heterocycles. The van der Waals surface area contributed by atoms with Gasteiger partial charge in [0.15, 0.2) is 0 Å². The highest BCUT2D eigenvalue weighted by Crippen LogP contribution is 2.19. The van der Waals surface area contributed by atoms with Crippen LogP contribution >= 0.6 is 0 Å². The number of benzene rings is 1. The van der Waals surface area contributed by atoms with E-state index >= 15 is 0 Å². The average Bonchev–Trinajstić information content (AvgIpc) is 2.57. The summed E-state index contributed by atoms with van der Waals surface area (Å²) in [6, 6.07) is 8.66. The summed E-state index contributed by atoms with van der Waals surface area (Å²) in [5.41, 5.74) is 8.15. The van der Waals surface area contributed by atoms with Gasteiger partial charge in [0, 0.05) is 18.5 Å². The summed E-state index contributed by atoms with van der Waals surface area (Å²) in [6.45, 7) is 2.05. The molecule has 1 aromatic heterocycles. The Labute approximate surface area is 96.2 Å². The number of para-hydroxylation sites is 1. The van der Waals surface area contributed by atoms with Crippen molar-refractivity contribution in [2.45, 2.75) is 32.2 Å². The summed E-state index contributed by atoms with van der Waals surface area (Å²) in [4.78, 5) is 0. The van der Waals surface area contributed by atoms with Crippen molar-refractivity contribution in [3.05, 3.63) is 30.0 Å². The number of fused-ring (bicyclic) bond motifs is 1. The molecule has 1 unspecified atom stereocenters. The molecule has 3 heteroatoms. The Morgan fingerprint density at radius 1 is 1.38 bits per heavy atom. The molecule has 0 amide bonds. The Morgan fingerprint density at radius 2 is 2.12 bits per heavy atom. The Balaban J connectivity index is 2.18. The van der Waals surface area contributed by atoms with Gasteiger partial charge in [-0.1, -0.05) is 18.2 Å². The van der Waals surface area contributed by atoms with Crippen LogP contribution in [-0.2, 0) is 13.5 Å². The van der Waals surface area contributed by atoms with Crippen LogP contribution in [0.25, 0.3) is 10.9 Å². The van der Waals surface area contributed by atoms with Crippen LogP contribution < -0.4 is 5.73 Å². The molecule has 0 saturated carbocycles. The number of aryl methyl sites for hydroxylation is 2. The number of nitrogens with zero attached hydrogens (tertiary/aromatic N) is 2. The minimum atomic E-state index is 0.287. The third-order valence-electron chi connectivity index (χ3n) is 2.91. The maximum atomic E-state index is 5.75. The lowest BCUT2D eigenvalue weighted by molar-refractivity contribution is 0.615. The highest BCUT2D eigenvalue weighted by molar-refractivity contribution is 5.81. The van der Waals surface area contributed by atoms with Crippen molar-refractivity contribution < 1.29 is 0 Å². The molecule has 0 aliphatic carbocycles. The van der Waals surface area contributed by atoms with Gasteiger partial charge in [-0.15, -0.1) is 0 Å². The zero-order chi connectivity index (χ0) is 11.5. The molecule has 1 aromatic carbocycles. The number of nitrogens with two attached hydrogens (primary N) is 1. The van der Waals surface area contributed by atoms with E-state index in [1.54, 1.807) is 0 Å². The third kappa shape index (κ3) is 2.25. The SMILES string of the molecule is CC(N)CCCc1nn(C)c2ccccc12. The molecule has 2 rings (SSSR count). The molecule has 86 valence electrons. The van der Waals surface area contributed by atoms with E-state index in [9.17, 15) is 0 Å². The summed E-state index contributed by atoms with van der Waals surface area (Å²) >= 11 is 0. The van der Waals surface area contributed by atoms with Crippen LogP contribution in [0.1, 0.15) is 25.5 Å². The van der Waals surface area contributed by atoms with Crippen molar-refractivity contribution in [2.24, 2.45) is 12.8 Å². The summed E-state index contributed by atoms with van der Waals surface area (Å²) in [5, 5.41) is 5.84. The van der Waals surface area contributed by atoms with Crippen LogP contribution in [0.4, 0.5) is 0 Å². The average molecular weight is 217 g/mol. The summed E-state index contributed by atoms with van der Waals surface area (Å²) in [7, 11) is 2.00. The Bertz CT molecular complexity index is 471. The molecule has 0 spiro atoms. The fourth-order valence-corrected chi connectivity index (χ4v) is 2.06. The van der Waals surface area contributed by atoms with Crippen LogP contribution in [0.5, 0.6) is 0 Å². The van der Waals surface area contributed by atoms with Gasteiger partial charge in [-0.25, -0.2) is 0 Å². The normalized spacial score (nSPS) is 13.2. The number of hydrogen-bond acceptors (Lipinski definition) is 2. The molecule has 3 nitrogen and oxygen atoms in total. The quantitative estimate of drug-likeness (QED) is 0.853. The molecule has 1 atom stereocenters. The van der Waals surface area contributed by atoms with Crippen LogP contribution in [0.3, 0.4) is 0 Å². The predicted molar refractivity (Wildman–Crippen MR) is 67.3 cm³/mol. The van der Waals surface area contributed by atoms with E-state index < -0.39 is 0 Å². The zero-order valence-corrected chi connectivity index (χ0v) is 9.98. The maximum Gasteiger partial charge on any atom is 0.0703 e. The zero-order valence-electron chi connectivity index (χ0n) is 9.98. The lowest BCUT2D eigenvalue weighted by Gasteiger charge is -2.02. The number of rotatable bonds is 4. The highest BCUT2D eigenvalue weighted by Gasteiger charge is 2.07. The molecule has 0 radical (unpaired) electrons. The molecular weight excluding hydrogens is 198 g/mol. The molecule has 0 saturated heterocycles. The van der Waals surface area contributed by atoms with Gasteiger partial charge >= 0.3 is 0 Å². The van der Waals surface area contributed by atoms with E-state index in [4.69, 9.17) is 5.73 Å². The van der Waals surface area contributed by atoms with Crippen LogP contribution in [-0.4, -0.2) is 15.8 Å². The van der Waals surface area contributed by atoms with Crippen LogP contribution in [0.2, 0.25) is 0 Å². The molecule has 16 heavy (non-hydrogen) atoms. The van der Waals surface area contributed by atoms with E-state index in [2.05, 4.69) is 36.3 Å². The molecule has 0 aliphatic rings. The first-order valence-electron chi connectivity index (χ1n) is 5.84. The second kappa shape index (κ2) is 4.66. The van der Waals surface area contributed by atoms with Crippen molar-refractivity contribution in [1.82, 2.24) is 9.78 Å². The van der Waals surface area contributed by atoms with Gasteiger partial charge in [0.05, 0.1) is 11.2 Å². The molecular formula is C13H19N3. The van der Waals surface area contributed by atoms with E-state index in [0.717, 1.165) is 19.3 Å². The van der Waals surface area contributed by atoms with Gasteiger partial charge in [-0.3, -0.25) is 4.68 Å². The lowest BCUT2D eigenvalue weighted by atomic mass is 10.1. The fraction of sp³-hybridized carbons (Fsp3) is 0.462. The molecule has 0 aliphatic heterocycles. The fourth-order valence-electron chi connectivity index (χ4n) is 2.06. The van der Waals surface area contributed by atoms with Gasteiger partial charge in [0.2, 0.25) is 0 Å². The van der Waals surface area contributed by atoms with Crippen molar-refractivity contribution in [1.29, 1.82) is 0 Å². The van der Waals surface area contributed by atoms with E-state index in [-0.39, 0.29) is 6.04 Å². The maximum absolute atomic E-state index is 5.75. The summed E-state index contributed by atoms with van der Waals surface area (Å²) < 4.78 is 1.95. The van der Waals surface area contributed by atoms with Crippen LogP contribution in [0, 0.1) is 0 Å². The van der Waals surface area contributed by atoms with Gasteiger partial charge < -0.3 is 5.73 Å².